The molecule has 130 valence electrons. The lowest BCUT2D eigenvalue weighted by Gasteiger charge is -2.08. The predicted octanol–water partition coefficient (Wildman–Crippen LogP) is 5.34. The minimum absolute atomic E-state index is 0.434. The van der Waals surface area contributed by atoms with Crippen molar-refractivity contribution in [3.63, 3.8) is 0 Å². The number of aromatic nitrogens is 3. The number of rotatable bonds is 3. The van der Waals surface area contributed by atoms with Gasteiger partial charge in [-0.25, -0.2) is 9.50 Å². The van der Waals surface area contributed by atoms with Crippen molar-refractivity contribution in [3.8, 4) is 28.1 Å². The monoisotopic (exact) mass is 363 g/mol. The highest BCUT2D eigenvalue weighted by molar-refractivity contribution is 6.29. The Kier molecular flexibility index (Phi) is 4.13. The third-order valence-corrected chi connectivity index (χ3v) is 4.63. The Morgan fingerprint density at radius 2 is 1.73 bits per heavy atom. The van der Waals surface area contributed by atoms with E-state index in [0.717, 1.165) is 39.5 Å². The van der Waals surface area contributed by atoms with Crippen LogP contribution >= 0.6 is 11.6 Å². The van der Waals surface area contributed by atoms with Crippen LogP contribution in [0.2, 0.25) is 5.15 Å². The molecule has 0 fully saturated rings. The zero-order valence-corrected chi connectivity index (χ0v) is 15.6. The fourth-order valence-corrected chi connectivity index (χ4v) is 3.32. The van der Waals surface area contributed by atoms with E-state index in [1.54, 1.807) is 7.11 Å². The normalized spacial score (nSPS) is 11.1. The molecule has 0 bridgehead atoms. The minimum atomic E-state index is 0.434. The molecule has 2 aromatic carbocycles. The topological polar surface area (TPSA) is 39.4 Å². The first-order valence-electron chi connectivity index (χ1n) is 8.34. The SMILES string of the molecule is COc1cccc(-c2cc(Cl)nc3c(-c4ccc(C)cc4)c(C)nn23)c1. The van der Waals surface area contributed by atoms with Gasteiger partial charge < -0.3 is 4.74 Å². The molecular weight excluding hydrogens is 346 g/mol. The van der Waals surface area contributed by atoms with Gasteiger partial charge in [0.25, 0.3) is 0 Å². The molecule has 0 unspecified atom stereocenters. The van der Waals surface area contributed by atoms with Gasteiger partial charge in [0.05, 0.1) is 18.5 Å². The van der Waals surface area contributed by atoms with Gasteiger partial charge in [0.15, 0.2) is 5.65 Å². The second kappa shape index (κ2) is 6.46. The molecule has 2 heterocycles. The molecule has 0 atom stereocenters. The van der Waals surface area contributed by atoms with Crippen molar-refractivity contribution in [1.82, 2.24) is 14.6 Å². The minimum Gasteiger partial charge on any atom is -0.497 e. The molecule has 26 heavy (non-hydrogen) atoms. The van der Waals surface area contributed by atoms with Crippen LogP contribution in [0.5, 0.6) is 5.75 Å². The Labute approximate surface area is 157 Å². The number of halogens is 1. The first-order chi connectivity index (χ1) is 12.6. The lowest BCUT2D eigenvalue weighted by molar-refractivity contribution is 0.415. The molecule has 5 heteroatoms. The van der Waals surface area contributed by atoms with E-state index in [4.69, 9.17) is 21.4 Å². The third kappa shape index (κ3) is 2.82. The molecule has 0 aliphatic heterocycles. The molecule has 0 spiro atoms. The van der Waals surface area contributed by atoms with Crippen LogP contribution in [0.3, 0.4) is 0 Å². The summed E-state index contributed by atoms with van der Waals surface area (Å²) in [6.45, 7) is 4.07. The van der Waals surface area contributed by atoms with Crippen molar-refractivity contribution in [3.05, 3.63) is 71.0 Å². The maximum atomic E-state index is 6.36. The Hall–Kier alpha value is -2.85. The molecule has 0 aliphatic rings. The van der Waals surface area contributed by atoms with Gasteiger partial charge >= 0.3 is 0 Å². The van der Waals surface area contributed by atoms with Gasteiger partial charge in [0, 0.05) is 17.2 Å². The molecular formula is C21H18ClN3O. The van der Waals surface area contributed by atoms with Gasteiger partial charge in [-0.1, -0.05) is 53.6 Å². The van der Waals surface area contributed by atoms with E-state index in [2.05, 4.69) is 36.2 Å². The van der Waals surface area contributed by atoms with Gasteiger partial charge in [0.1, 0.15) is 10.9 Å². The maximum absolute atomic E-state index is 6.36. The fourth-order valence-electron chi connectivity index (χ4n) is 3.14. The number of ether oxygens (including phenoxy) is 1. The zero-order valence-electron chi connectivity index (χ0n) is 14.8. The largest absolute Gasteiger partial charge is 0.497 e. The first kappa shape index (κ1) is 16.6. The van der Waals surface area contributed by atoms with Crippen LogP contribution in [0.4, 0.5) is 0 Å². The molecule has 0 N–H and O–H groups in total. The van der Waals surface area contributed by atoms with Gasteiger partial charge in [0.2, 0.25) is 0 Å². The van der Waals surface area contributed by atoms with Gasteiger partial charge in [-0.15, -0.1) is 0 Å². The van der Waals surface area contributed by atoms with Crippen molar-refractivity contribution in [1.29, 1.82) is 0 Å². The van der Waals surface area contributed by atoms with E-state index in [0.29, 0.717) is 5.15 Å². The molecule has 4 aromatic rings. The summed E-state index contributed by atoms with van der Waals surface area (Å²) in [4.78, 5) is 4.56. The average Bonchev–Trinajstić information content (AvgIpc) is 2.97. The quantitative estimate of drug-likeness (QED) is 0.461. The van der Waals surface area contributed by atoms with E-state index in [-0.39, 0.29) is 0 Å². The molecule has 0 amide bonds. The van der Waals surface area contributed by atoms with E-state index in [1.807, 2.05) is 41.8 Å². The van der Waals surface area contributed by atoms with Crippen LogP contribution in [0.15, 0.2) is 54.6 Å². The summed E-state index contributed by atoms with van der Waals surface area (Å²) in [6, 6.07) is 18.0. The van der Waals surface area contributed by atoms with E-state index in [9.17, 15) is 0 Å². The number of aryl methyl sites for hydroxylation is 2. The summed E-state index contributed by atoms with van der Waals surface area (Å²) in [5.41, 5.74) is 6.79. The van der Waals surface area contributed by atoms with Crippen molar-refractivity contribution < 1.29 is 4.74 Å². The van der Waals surface area contributed by atoms with Crippen LogP contribution in [0.25, 0.3) is 28.0 Å². The van der Waals surface area contributed by atoms with Gasteiger partial charge in [-0.3, -0.25) is 0 Å². The number of hydrogen-bond donors (Lipinski definition) is 0. The smallest absolute Gasteiger partial charge is 0.165 e. The van der Waals surface area contributed by atoms with Crippen LogP contribution in [0.1, 0.15) is 11.3 Å². The van der Waals surface area contributed by atoms with Gasteiger partial charge in [-0.05, 0) is 31.5 Å². The summed E-state index contributed by atoms with van der Waals surface area (Å²) >= 11 is 6.36. The standard InChI is InChI=1S/C21H18ClN3O/c1-13-7-9-15(10-8-13)20-14(2)24-25-18(12-19(22)23-21(20)25)16-5-4-6-17(11-16)26-3/h4-12H,1-3H3. The highest BCUT2D eigenvalue weighted by Gasteiger charge is 2.17. The van der Waals surface area contributed by atoms with Crippen LogP contribution in [-0.4, -0.2) is 21.7 Å². The van der Waals surface area contributed by atoms with Crippen molar-refractivity contribution >= 4 is 17.2 Å². The summed E-state index contributed by atoms with van der Waals surface area (Å²) in [5.74, 6) is 0.784. The van der Waals surface area contributed by atoms with Crippen LogP contribution in [0, 0.1) is 13.8 Å². The van der Waals surface area contributed by atoms with E-state index >= 15 is 0 Å². The number of hydrogen-bond acceptors (Lipinski definition) is 3. The van der Waals surface area contributed by atoms with E-state index in [1.165, 1.54) is 5.56 Å². The molecule has 4 rings (SSSR count). The number of fused-ring (bicyclic) bond motifs is 1. The zero-order chi connectivity index (χ0) is 18.3. The lowest BCUT2D eigenvalue weighted by atomic mass is 10.0. The molecule has 2 aromatic heterocycles. The van der Waals surface area contributed by atoms with E-state index < -0.39 is 0 Å². The Bertz CT molecular complexity index is 1100. The summed E-state index contributed by atoms with van der Waals surface area (Å²) < 4.78 is 7.20. The molecule has 4 nitrogen and oxygen atoms in total. The summed E-state index contributed by atoms with van der Waals surface area (Å²) in [5, 5.41) is 5.17. The summed E-state index contributed by atoms with van der Waals surface area (Å²) in [7, 11) is 1.65. The van der Waals surface area contributed by atoms with Crippen molar-refractivity contribution in [2.45, 2.75) is 13.8 Å². The maximum Gasteiger partial charge on any atom is 0.165 e. The number of nitrogens with zero attached hydrogens (tertiary/aromatic N) is 3. The second-order valence-corrected chi connectivity index (χ2v) is 6.65. The van der Waals surface area contributed by atoms with Crippen LogP contribution in [-0.2, 0) is 0 Å². The fraction of sp³-hybridized carbons (Fsp3) is 0.143. The predicted molar refractivity (Wildman–Crippen MR) is 105 cm³/mol. The highest BCUT2D eigenvalue weighted by Crippen LogP contribution is 2.32. The second-order valence-electron chi connectivity index (χ2n) is 6.26. The number of benzene rings is 2. The lowest BCUT2D eigenvalue weighted by Crippen LogP contribution is -1.97. The van der Waals surface area contributed by atoms with Crippen molar-refractivity contribution in [2.75, 3.05) is 7.11 Å². The van der Waals surface area contributed by atoms with Crippen molar-refractivity contribution in [2.24, 2.45) is 0 Å². The summed E-state index contributed by atoms with van der Waals surface area (Å²) in [6.07, 6.45) is 0. The third-order valence-electron chi connectivity index (χ3n) is 4.44. The van der Waals surface area contributed by atoms with Crippen LogP contribution < -0.4 is 4.74 Å². The first-order valence-corrected chi connectivity index (χ1v) is 8.72. The molecule has 0 radical (unpaired) electrons. The molecule has 0 aliphatic carbocycles. The van der Waals surface area contributed by atoms with Gasteiger partial charge in [-0.2, -0.15) is 5.10 Å². The Morgan fingerprint density at radius 1 is 0.962 bits per heavy atom. The highest BCUT2D eigenvalue weighted by atomic mass is 35.5. The average molecular weight is 364 g/mol. The Balaban J connectivity index is 1.99. The molecule has 0 saturated carbocycles. The molecule has 0 saturated heterocycles. The number of methoxy groups -OCH3 is 1. The Morgan fingerprint density at radius 3 is 2.46 bits per heavy atom.